The van der Waals surface area contributed by atoms with Crippen molar-refractivity contribution in [3.63, 3.8) is 0 Å². The van der Waals surface area contributed by atoms with Gasteiger partial charge in [0.2, 0.25) is 11.9 Å². The maximum atomic E-state index is 11.9. The highest BCUT2D eigenvalue weighted by atomic mass is 16.5. The number of rotatable bonds is 8. The molecule has 1 aliphatic carbocycles. The average molecular weight is 482 g/mol. The third-order valence-electron chi connectivity index (χ3n) is 7.26. The lowest BCUT2D eigenvalue weighted by Gasteiger charge is -2.25. The quantitative estimate of drug-likeness (QED) is 0.509. The van der Waals surface area contributed by atoms with Crippen molar-refractivity contribution in [3.8, 4) is 11.1 Å². The summed E-state index contributed by atoms with van der Waals surface area (Å²) in [6, 6.07) is 2.30. The van der Waals surface area contributed by atoms with Crippen LogP contribution in [0.2, 0.25) is 0 Å². The molecule has 0 spiro atoms. The number of nitrogens with one attached hydrogen (secondary N) is 1. The molecule has 1 aliphatic heterocycles. The maximum Gasteiger partial charge on any atom is 0.241 e. The minimum Gasteiger partial charge on any atom is -0.393 e. The second-order valence-corrected chi connectivity index (χ2v) is 10.2. The number of hydrogen-bond donors (Lipinski definition) is 2. The van der Waals surface area contributed by atoms with Gasteiger partial charge in [-0.05, 0) is 38.7 Å². The molecule has 2 N–H and O–H groups in total. The van der Waals surface area contributed by atoms with Gasteiger partial charge >= 0.3 is 0 Å². The Morgan fingerprint density at radius 2 is 2.06 bits per heavy atom. The molecule has 4 heterocycles. The van der Waals surface area contributed by atoms with Gasteiger partial charge in [-0.2, -0.15) is 5.10 Å². The summed E-state index contributed by atoms with van der Waals surface area (Å²) in [5, 5.41) is 22.8. The molecule has 3 aromatic heterocycles. The van der Waals surface area contributed by atoms with Crippen molar-refractivity contribution < 1.29 is 14.6 Å². The molecule has 1 saturated carbocycles. The smallest absolute Gasteiger partial charge is 0.241 e. The maximum absolute atomic E-state index is 11.9. The van der Waals surface area contributed by atoms with Crippen LogP contribution >= 0.6 is 0 Å². The molecule has 3 aromatic rings. The van der Waals surface area contributed by atoms with E-state index < -0.39 is 0 Å². The van der Waals surface area contributed by atoms with Gasteiger partial charge in [0.05, 0.1) is 30.6 Å². The summed E-state index contributed by atoms with van der Waals surface area (Å²) in [6.45, 7) is 4.09. The van der Waals surface area contributed by atoms with Crippen LogP contribution < -0.4 is 5.32 Å². The molecule has 5 rings (SSSR count). The fraction of sp³-hybridized carbons (Fsp3) is 0.600. The Labute approximate surface area is 205 Å². The third-order valence-corrected chi connectivity index (χ3v) is 7.26. The molecule has 1 amide bonds. The fourth-order valence-corrected chi connectivity index (χ4v) is 5.43. The first-order valence-electron chi connectivity index (χ1n) is 12.5. The number of fused-ring (bicyclic) bond motifs is 1. The molecule has 0 bridgehead atoms. The summed E-state index contributed by atoms with van der Waals surface area (Å²) in [5.74, 6) is 1.37. The Bertz CT molecular complexity index is 1180. The lowest BCUT2D eigenvalue weighted by atomic mass is 9.85. The number of ether oxygens (including phenoxy) is 1. The Balaban J connectivity index is 1.46. The van der Waals surface area contributed by atoms with E-state index in [0.717, 1.165) is 61.1 Å². The fourth-order valence-electron chi connectivity index (χ4n) is 5.43. The van der Waals surface area contributed by atoms with Crippen LogP contribution in [-0.2, 0) is 16.1 Å². The molecule has 0 radical (unpaired) electrons. The molecule has 2 atom stereocenters. The van der Waals surface area contributed by atoms with E-state index in [0.29, 0.717) is 24.9 Å². The minimum atomic E-state index is -0.210. The molecule has 2 aliphatic rings. The van der Waals surface area contributed by atoms with Crippen molar-refractivity contribution in [2.75, 3.05) is 32.6 Å². The molecular weight excluding hydrogens is 446 g/mol. The van der Waals surface area contributed by atoms with Crippen LogP contribution in [0.1, 0.15) is 50.6 Å². The van der Waals surface area contributed by atoms with Gasteiger partial charge in [-0.15, -0.1) is 5.10 Å². The van der Waals surface area contributed by atoms with Crippen molar-refractivity contribution in [1.29, 1.82) is 0 Å². The van der Waals surface area contributed by atoms with Crippen LogP contribution in [0.5, 0.6) is 0 Å². The largest absolute Gasteiger partial charge is 0.393 e. The predicted molar refractivity (Wildman–Crippen MR) is 132 cm³/mol. The molecule has 1 saturated heterocycles. The van der Waals surface area contributed by atoms with Crippen molar-refractivity contribution in [2.45, 2.75) is 63.6 Å². The number of hydrogen-bond acceptors (Lipinski definition) is 7. The predicted octanol–water partition coefficient (Wildman–Crippen LogP) is 2.54. The highest BCUT2D eigenvalue weighted by Gasteiger charge is 2.28. The van der Waals surface area contributed by atoms with E-state index in [9.17, 15) is 9.90 Å². The van der Waals surface area contributed by atoms with E-state index >= 15 is 0 Å². The molecule has 0 unspecified atom stereocenters. The summed E-state index contributed by atoms with van der Waals surface area (Å²) in [7, 11) is 3.54. The van der Waals surface area contributed by atoms with Gasteiger partial charge in [0.1, 0.15) is 0 Å². The molecular formula is C25H35N7O3. The first-order valence-corrected chi connectivity index (χ1v) is 12.5. The normalized spacial score (nSPS) is 23.8. The van der Waals surface area contributed by atoms with E-state index in [1.54, 1.807) is 12.0 Å². The molecule has 10 nitrogen and oxygen atoms in total. The van der Waals surface area contributed by atoms with E-state index in [1.165, 1.54) is 0 Å². The van der Waals surface area contributed by atoms with Gasteiger partial charge in [0.25, 0.3) is 0 Å². The van der Waals surface area contributed by atoms with Crippen LogP contribution in [-0.4, -0.2) is 79.7 Å². The number of methoxy groups -OCH3 is 1. The lowest BCUT2D eigenvalue weighted by Crippen LogP contribution is -2.23. The zero-order valence-corrected chi connectivity index (χ0v) is 20.7. The first kappa shape index (κ1) is 23.7. The second-order valence-electron chi connectivity index (χ2n) is 10.2. The number of aliphatic hydroxyl groups is 1. The summed E-state index contributed by atoms with van der Waals surface area (Å²) in [5.41, 5.74) is 4.14. The minimum absolute atomic E-state index is 0.0838. The molecule has 188 valence electrons. The number of aromatic nitrogens is 5. The standard InChI is InChI=1S/C25H35N7O3/c1-16(15-35-3)28-25-26-11-23-21(9-22(32(23)29-25)18-4-6-20(33)7-5-18)19-10-27-31(14-19)13-17-8-24(34)30(2)12-17/h9-11,14,16-18,20,33H,4-8,12-13,15H2,1-3H3,(H,28,29)/t16-,17-,18?,20?/m0/s1. The van der Waals surface area contributed by atoms with E-state index in [4.69, 9.17) is 9.84 Å². The molecule has 10 heteroatoms. The van der Waals surface area contributed by atoms with Crippen molar-refractivity contribution in [2.24, 2.45) is 5.92 Å². The zero-order valence-electron chi connectivity index (χ0n) is 20.7. The van der Waals surface area contributed by atoms with Gasteiger partial charge in [0, 0.05) is 74.6 Å². The Morgan fingerprint density at radius 1 is 1.26 bits per heavy atom. The summed E-state index contributed by atoms with van der Waals surface area (Å²) in [4.78, 5) is 18.3. The van der Waals surface area contributed by atoms with Crippen LogP contribution in [0.4, 0.5) is 5.95 Å². The van der Waals surface area contributed by atoms with Crippen LogP contribution in [0.3, 0.4) is 0 Å². The van der Waals surface area contributed by atoms with E-state index in [-0.39, 0.29) is 24.0 Å². The number of likely N-dealkylation sites (tertiary alicyclic amines) is 1. The first-order chi connectivity index (χ1) is 16.9. The van der Waals surface area contributed by atoms with Gasteiger partial charge in [-0.25, -0.2) is 9.50 Å². The number of carbonyl (C=O) groups is 1. The highest BCUT2D eigenvalue weighted by Crippen LogP contribution is 2.37. The van der Waals surface area contributed by atoms with Gasteiger partial charge in [-0.3, -0.25) is 9.48 Å². The van der Waals surface area contributed by atoms with Crippen LogP contribution in [0.25, 0.3) is 16.6 Å². The number of nitrogens with zero attached hydrogens (tertiary/aromatic N) is 6. The van der Waals surface area contributed by atoms with Gasteiger partial charge < -0.3 is 20.1 Å². The number of carbonyl (C=O) groups excluding carboxylic acids is 1. The van der Waals surface area contributed by atoms with Crippen molar-refractivity contribution >= 4 is 17.4 Å². The van der Waals surface area contributed by atoms with E-state index in [2.05, 4.69) is 27.7 Å². The lowest BCUT2D eigenvalue weighted by molar-refractivity contribution is -0.126. The molecule has 2 fully saturated rings. The average Bonchev–Trinajstić information content (AvgIpc) is 3.52. The van der Waals surface area contributed by atoms with Crippen LogP contribution in [0.15, 0.2) is 24.7 Å². The summed E-state index contributed by atoms with van der Waals surface area (Å²) < 4.78 is 9.19. The zero-order chi connectivity index (χ0) is 24.5. The summed E-state index contributed by atoms with van der Waals surface area (Å²) in [6.07, 6.45) is 9.65. The van der Waals surface area contributed by atoms with Crippen LogP contribution in [0, 0.1) is 5.92 Å². The van der Waals surface area contributed by atoms with Gasteiger partial charge in [-0.1, -0.05) is 0 Å². The number of aliphatic hydroxyl groups excluding tert-OH is 1. The Morgan fingerprint density at radius 3 is 2.77 bits per heavy atom. The SMILES string of the molecule is COC[C@H](C)Nc1ncc2c(-c3cnn(C[C@H]4CC(=O)N(C)C4)c3)cc(C3CCC(O)CC3)n2n1. The van der Waals surface area contributed by atoms with Crippen molar-refractivity contribution in [1.82, 2.24) is 29.3 Å². The monoisotopic (exact) mass is 481 g/mol. The van der Waals surface area contributed by atoms with E-state index in [1.807, 2.05) is 35.6 Å². The van der Waals surface area contributed by atoms with Crippen molar-refractivity contribution in [3.05, 3.63) is 30.4 Å². The molecule has 0 aromatic carbocycles. The molecule has 35 heavy (non-hydrogen) atoms. The van der Waals surface area contributed by atoms with Gasteiger partial charge in [0.15, 0.2) is 0 Å². The topological polar surface area (TPSA) is 110 Å². The number of anilines is 1. The third kappa shape index (κ3) is 5.04. The Hall–Kier alpha value is -2.98. The highest BCUT2D eigenvalue weighted by molar-refractivity contribution is 5.81. The second kappa shape index (κ2) is 9.94. The Kier molecular flexibility index (Phi) is 6.75. The number of amides is 1. The summed E-state index contributed by atoms with van der Waals surface area (Å²) >= 11 is 0.